The van der Waals surface area contributed by atoms with Gasteiger partial charge in [-0.3, -0.25) is 4.79 Å². The number of nitrogens with two attached hydrogens (primary N) is 1. The fourth-order valence-electron chi connectivity index (χ4n) is 5.26. The zero-order chi connectivity index (χ0) is 34.5. The number of carbonyl (C=O) groups is 1. The van der Waals surface area contributed by atoms with Gasteiger partial charge >= 0.3 is 6.18 Å². The van der Waals surface area contributed by atoms with Crippen molar-refractivity contribution in [3.05, 3.63) is 72.4 Å². The summed E-state index contributed by atoms with van der Waals surface area (Å²) in [5.74, 6) is 1.10. The predicted octanol–water partition coefficient (Wildman–Crippen LogP) is 7.85. The minimum absolute atomic E-state index is 0.0917. The van der Waals surface area contributed by atoms with Gasteiger partial charge in [0.15, 0.2) is 0 Å². The van der Waals surface area contributed by atoms with Gasteiger partial charge in [0.2, 0.25) is 11.8 Å². The molecule has 3 aromatic heterocycles. The number of nitrogens with one attached hydrogen (secondary N) is 1. The molecular weight excluding hydrogens is 639 g/mol. The molecule has 13 heteroatoms. The quantitative estimate of drug-likeness (QED) is 0.190. The van der Waals surface area contributed by atoms with E-state index in [0.717, 1.165) is 74.5 Å². The van der Waals surface area contributed by atoms with E-state index in [9.17, 15) is 18.0 Å². The first kappa shape index (κ1) is 35.1. The van der Waals surface area contributed by atoms with Crippen molar-refractivity contribution in [2.45, 2.75) is 71.0 Å². The summed E-state index contributed by atoms with van der Waals surface area (Å²) in [4.78, 5) is 24.2. The molecule has 1 amide bonds. The van der Waals surface area contributed by atoms with E-state index < -0.39 is 23.6 Å². The molecule has 4 heterocycles. The first-order chi connectivity index (χ1) is 22.7. The van der Waals surface area contributed by atoms with Gasteiger partial charge in [0.1, 0.15) is 23.3 Å². The number of rotatable bonds is 7. The van der Waals surface area contributed by atoms with Crippen molar-refractivity contribution in [2.75, 3.05) is 29.3 Å². The van der Waals surface area contributed by atoms with E-state index in [-0.39, 0.29) is 11.8 Å². The summed E-state index contributed by atoms with van der Waals surface area (Å²) in [5.41, 5.74) is 6.39. The molecule has 0 atom stereocenters. The van der Waals surface area contributed by atoms with Crippen LogP contribution in [-0.2, 0) is 11.2 Å². The topological polar surface area (TPSA) is 111 Å². The molecule has 0 aliphatic carbocycles. The van der Waals surface area contributed by atoms with Gasteiger partial charge in [-0.05, 0) is 76.8 Å². The Morgan fingerprint density at radius 3 is 2.50 bits per heavy atom. The molecule has 0 unspecified atom stereocenters. The molecule has 1 aromatic carbocycles. The maximum Gasteiger partial charge on any atom is 0.397 e. The highest BCUT2D eigenvalue weighted by molar-refractivity contribution is 8.00. The summed E-state index contributed by atoms with van der Waals surface area (Å²) >= 11 is 1.32. The lowest BCUT2D eigenvalue weighted by molar-refractivity contribution is -0.219. The Labute approximate surface area is 283 Å². The fraction of sp³-hybridized carbons (Fsp3) is 0.429. The van der Waals surface area contributed by atoms with Crippen LogP contribution in [0.4, 0.5) is 24.8 Å². The number of pyridine rings is 2. The number of amides is 1. The van der Waals surface area contributed by atoms with E-state index in [1.165, 1.54) is 11.9 Å². The smallest absolute Gasteiger partial charge is 0.397 e. The van der Waals surface area contributed by atoms with E-state index in [1.54, 1.807) is 16.9 Å². The van der Waals surface area contributed by atoms with Gasteiger partial charge < -0.3 is 20.1 Å². The van der Waals surface area contributed by atoms with Crippen molar-refractivity contribution in [1.82, 2.24) is 19.7 Å². The number of aromatic nitrogens is 4. The number of fused-ring (bicyclic) bond motifs is 6. The molecular formula is C35H42F3N7O2S. The zero-order valence-electron chi connectivity index (χ0n) is 27.7. The maximum atomic E-state index is 13.4. The zero-order valence-corrected chi connectivity index (χ0v) is 28.5. The van der Waals surface area contributed by atoms with Crippen molar-refractivity contribution in [1.29, 1.82) is 0 Å². The Bertz CT molecular complexity index is 1720. The first-order valence-electron chi connectivity index (χ1n) is 16.0. The highest BCUT2D eigenvalue weighted by atomic mass is 32.2. The summed E-state index contributed by atoms with van der Waals surface area (Å²) in [6, 6.07) is 19.2. The number of ether oxygens (including phenoxy) is 1. The van der Waals surface area contributed by atoms with E-state index in [1.807, 2.05) is 62.4 Å². The van der Waals surface area contributed by atoms with Gasteiger partial charge in [-0.15, -0.1) is 5.10 Å². The SMILES string of the molecule is CC(C)(CN1CCCCCCc2ccccc2-c2nc(ccc2-n2ccc(OCC(C)(C)C(F)(F)F)n2)NSc2cccc1n2)C(N)=O. The van der Waals surface area contributed by atoms with E-state index in [0.29, 0.717) is 23.7 Å². The highest BCUT2D eigenvalue weighted by Crippen LogP contribution is 2.38. The Morgan fingerprint density at radius 1 is 0.958 bits per heavy atom. The van der Waals surface area contributed by atoms with E-state index in [4.69, 9.17) is 20.4 Å². The standard InChI is InChI=1S/C35H42F3N7O2S/c1-33(2,32(39)46)22-44-20-10-6-5-7-12-24-13-8-9-14-25(24)31-26(17-18-27(40-31)43-48-30-16-11-15-28(44)41-30)45-21-19-29(42-45)47-23-34(3,4)35(36,37)38/h8-9,11,13-19,21H,5-7,10,12,20,22-23H2,1-4H3,(H2,39,46)(H,40,43). The number of halogens is 3. The third-order valence-corrected chi connectivity index (χ3v) is 9.22. The van der Waals surface area contributed by atoms with Crippen LogP contribution >= 0.6 is 11.9 Å². The molecule has 0 saturated carbocycles. The normalized spacial score (nSPS) is 14.9. The molecule has 4 aromatic rings. The second kappa shape index (κ2) is 14.5. The van der Waals surface area contributed by atoms with Crippen LogP contribution < -0.4 is 20.1 Å². The Balaban J connectivity index is 1.47. The van der Waals surface area contributed by atoms with Crippen molar-refractivity contribution in [3.8, 4) is 22.8 Å². The number of hydrogen-bond donors (Lipinski definition) is 2. The van der Waals surface area contributed by atoms with Gasteiger partial charge in [-0.2, -0.15) is 13.2 Å². The molecule has 9 nitrogen and oxygen atoms in total. The average Bonchev–Trinajstić information content (AvgIpc) is 3.52. The Kier molecular flexibility index (Phi) is 10.6. The fourth-order valence-corrected chi connectivity index (χ4v) is 5.87. The van der Waals surface area contributed by atoms with Crippen LogP contribution in [0.15, 0.2) is 71.9 Å². The van der Waals surface area contributed by atoms with Gasteiger partial charge in [-0.25, -0.2) is 14.6 Å². The maximum absolute atomic E-state index is 13.4. The summed E-state index contributed by atoms with van der Waals surface area (Å²) < 4.78 is 50.6. The van der Waals surface area contributed by atoms with Crippen molar-refractivity contribution < 1.29 is 22.7 Å². The Hall–Kier alpha value is -4.26. The molecule has 1 aliphatic rings. The number of alkyl halides is 3. The van der Waals surface area contributed by atoms with E-state index in [2.05, 4.69) is 20.8 Å². The number of primary amides is 1. The van der Waals surface area contributed by atoms with Crippen LogP contribution in [0.25, 0.3) is 16.9 Å². The number of hydrogen-bond acceptors (Lipinski definition) is 8. The summed E-state index contributed by atoms with van der Waals surface area (Å²) in [7, 11) is 0. The number of benzene rings is 1. The van der Waals surface area contributed by atoms with Gasteiger partial charge in [0, 0.05) is 42.9 Å². The second-order valence-electron chi connectivity index (χ2n) is 13.4. The predicted molar refractivity (Wildman–Crippen MR) is 183 cm³/mol. The van der Waals surface area contributed by atoms with Crippen LogP contribution in [0.3, 0.4) is 0 Å². The average molecular weight is 682 g/mol. The molecule has 3 N–H and O–H groups in total. The minimum atomic E-state index is -4.41. The molecule has 0 saturated heterocycles. The molecule has 256 valence electrons. The second-order valence-corrected chi connectivity index (χ2v) is 14.2. The van der Waals surface area contributed by atoms with Crippen molar-refractivity contribution in [3.63, 3.8) is 0 Å². The molecule has 48 heavy (non-hydrogen) atoms. The van der Waals surface area contributed by atoms with Crippen LogP contribution in [0.1, 0.15) is 58.9 Å². The van der Waals surface area contributed by atoms with Gasteiger partial charge in [0.05, 0.1) is 22.2 Å². The number of aryl methyl sites for hydroxylation is 1. The molecule has 0 spiro atoms. The third-order valence-electron chi connectivity index (χ3n) is 8.48. The van der Waals surface area contributed by atoms with Gasteiger partial charge in [0.25, 0.3) is 0 Å². The lowest BCUT2D eigenvalue weighted by Crippen LogP contribution is -2.43. The molecule has 1 aliphatic heterocycles. The highest BCUT2D eigenvalue weighted by Gasteiger charge is 2.48. The monoisotopic (exact) mass is 681 g/mol. The van der Waals surface area contributed by atoms with E-state index >= 15 is 0 Å². The number of nitrogens with zero attached hydrogens (tertiary/aromatic N) is 5. The molecule has 0 fully saturated rings. The third kappa shape index (κ3) is 8.41. The number of carbonyl (C=O) groups excluding carboxylic acids is 1. The van der Waals surface area contributed by atoms with Crippen LogP contribution in [-0.4, -0.2) is 51.5 Å². The molecule has 4 bridgehead atoms. The van der Waals surface area contributed by atoms with Crippen LogP contribution in [0.5, 0.6) is 5.88 Å². The largest absolute Gasteiger partial charge is 0.476 e. The minimum Gasteiger partial charge on any atom is -0.476 e. The summed E-state index contributed by atoms with van der Waals surface area (Å²) in [6.07, 6.45) is 2.01. The molecule has 5 rings (SSSR count). The lowest BCUT2D eigenvalue weighted by atomic mass is 9.91. The lowest BCUT2D eigenvalue weighted by Gasteiger charge is -2.31. The van der Waals surface area contributed by atoms with Crippen molar-refractivity contribution >= 4 is 29.5 Å². The summed E-state index contributed by atoms with van der Waals surface area (Å²) in [6.45, 7) is 6.56. The van der Waals surface area contributed by atoms with Crippen LogP contribution in [0.2, 0.25) is 0 Å². The van der Waals surface area contributed by atoms with Gasteiger partial charge in [-0.1, -0.05) is 43.2 Å². The Morgan fingerprint density at radius 2 is 1.73 bits per heavy atom. The summed E-state index contributed by atoms with van der Waals surface area (Å²) in [5, 5.41) is 5.19. The number of anilines is 2. The first-order valence-corrected chi connectivity index (χ1v) is 16.8. The van der Waals surface area contributed by atoms with Crippen LogP contribution in [0, 0.1) is 10.8 Å². The van der Waals surface area contributed by atoms with Crippen molar-refractivity contribution in [2.24, 2.45) is 16.6 Å². The molecule has 0 radical (unpaired) electrons.